The quantitative estimate of drug-likeness (QED) is 0.566. The minimum absolute atomic E-state index is 0.212. The van der Waals surface area contributed by atoms with Gasteiger partial charge in [0.15, 0.2) is 6.61 Å². The lowest BCUT2D eigenvalue weighted by atomic mass is 10.4. The zero-order valence-electron chi connectivity index (χ0n) is 8.14. The van der Waals surface area contributed by atoms with Gasteiger partial charge in [0, 0.05) is 13.1 Å². The molecular weight excluding hydrogens is 213 g/mol. The Balaban J connectivity index is 2.07. The molecule has 1 rings (SSSR count). The fourth-order valence-electron chi connectivity index (χ4n) is 1.32. The van der Waals surface area contributed by atoms with Crippen molar-refractivity contribution in [1.82, 2.24) is 10.4 Å². The summed E-state index contributed by atoms with van der Waals surface area (Å²) in [6.07, 6.45) is -2.46. The summed E-state index contributed by atoms with van der Waals surface area (Å²) in [5.41, 5.74) is 2.01. The van der Waals surface area contributed by atoms with Gasteiger partial charge in [0.1, 0.15) is 6.54 Å². The molecule has 0 aromatic rings. The van der Waals surface area contributed by atoms with Gasteiger partial charge in [-0.25, -0.2) is 0 Å². The van der Waals surface area contributed by atoms with Crippen molar-refractivity contribution in [3.63, 3.8) is 0 Å². The van der Waals surface area contributed by atoms with Crippen molar-refractivity contribution in [3.05, 3.63) is 0 Å². The first-order chi connectivity index (χ1) is 6.99. The second kappa shape index (κ2) is 5.32. The number of likely N-dealkylation sites (tertiary alicyclic amines) is 1. The molecule has 1 fully saturated rings. The second-order valence-corrected chi connectivity index (χ2v) is 3.31. The third-order valence-corrected chi connectivity index (χ3v) is 2.02. The van der Waals surface area contributed by atoms with Crippen molar-refractivity contribution in [2.45, 2.75) is 19.0 Å². The first-order valence-corrected chi connectivity index (χ1v) is 4.68. The lowest BCUT2D eigenvalue weighted by molar-refractivity contribution is -0.190. The molecule has 1 aliphatic heterocycles. The summed E-state index contributed by atoms with van der Waals surface area (Å²) in [6.45, 7) is -0.240. The summed E-state index contributed by atoms with van der Waals surface area (Å²) in [7, 11) is 0. The molecule has 1 N–H and O–H groups in total. The van der Waals surface area contributed by atoms with E-state index in [0.29, 0.717) is 13.1 Å². The molecule has 0 aromatic carbocycles. The molecule has 7 heteroatoms. The van der Waals surface area contributed by atoms with Crippen LogP contribution in [0.25, 0.3) is 0 Å². The van der Waals surface area contributed by atoms with Gasteiger partial charge in [-0.1, -0.05) is 0 Å². The normalized spacial score (nSPS) is 17.1. The molecule has 0 spiro atoms. The molecule has 1 amide bonds. The van der Waals surface area contributed by atoms with E-state index in [2.05, 4.69) is 4.84 Å². The van der Waals surface area contributed by atoms with Gasteiger partial charge in [-0.05, 0) is 12.8 Å². The number of carbonyl (C=O) groups is 1. The highest BCUT2D eigenvalue weighted by Gasteiger charge is 2.28. The van der Waals surface area contributed by atoms with Crippen LogP contribution in [0.1, 0.15) is 12.8 Å². The van der Waals surface area contributed by atoms with Crippen LogP contribution in [0.5, 0.6) is 0 Å². The van der Waals surface area contributed by atoms with Crippen LogP contribution in [0.2, 0.25) is 0 Å². The molecule has 88 valence electrons. The van der Waals surface area contributed by atoms with E-state index in [1.54, 1.807) is 4.90 Å². The number of amides is 1. The first kappa shape index (κ1) is 12.3. The van der Waals surface area contributed by atoms with E-state index in [1.165, 1.54) is 0 Å². The van der Waals surface area contributed by atoms with Crippen molar-refractivity contribution in [2.75, 3.05) is 26.2 Å². The number of halogens is 3. The lowest BCUT2D eigenvalue weighted by Crippen LogP contribution is -2.37. The lowest BCUT2D eigenvalue weighted by Gasteiger charge is -2.15. The van der Waals surface area contributed by atoms with Crippen LogP contribution in [-0.2, 0) is 9.63 Å². The monoisotopic (exact) mass is 226 g/mol. The predicted octanol–water partition coefficient (Wildman–Crippen LogP) is 0.692. The number of alkyl halides is 3. The second-order valence-electron chi connectivity index (χ2n) is 3.31. The van der Waals surface area contributed by atoms with E-state index in [9.17, 15) is 18.0 Å². The maximum Gasteiger partial charge on any atom is 0.413 e. The summed E-state index contributed by atoms with van der Waals surface area (Å²) in [6, 6.07) is 0. The van der Waals surface area contributed by atoms with Gasteiger partial charge >= 0.3 is 6.18 Å². The SMILES string of the molecule is O=C(CNOCC(F)(F)F)N1CCCC1. The molecular formula is C8H13F3N2O2. The van der Waals surface area contributed by atoms with Crippen LogP contribution >= 0.6 is 0 Å². The molecule has 1 aliphatic rings. The van der Waals surface area contributed by atoms with Crippen LogP contribution in [0, 0.1) is 0 Å². The summed E-state index contributed by atoms with van der Waals surface area (Å²) in [5.74, 6) is -0.227. The van der Waals surface area contributed by atoms with Gasteiger partial charge in [-0.2, -0.15) is 18.7 Å². The van der Waals surface area contributed by atoms with Gasteiger partial charge in [0.2, 0.25) is 5.91 Å². The molecule has 15 heavy (non-hydrogen) atoms. The molecule has 0 saturated carbocycles. The molecule has 0 radical (unpaired) electrons. The van der Waals surface area contributed by atoms with Crippen molar-refractivity contribution < 1.29 is 22.8 Å². The Labute approximate surface area is 85.3 Å². The average Bonchev–Trinajstić information content (AvgIpc) is 2.63. The number of hydrogen-bond donors (Lipinski definition) is 1. The number of nitrogens with zero attached hydrogens (tertiary/aromatic N) is 1. The Hall–Kier alpha value is -0.820. The van der Waals surface area contributed by atoms with Crippen LogP contribution in [0.3, 0.4) is 0 Å². The molecule has 0 bridgehead atoms. The predicted molar refractivity (Wildman–Crippen MR) is 45.8 cm³/mol. The van der Waals surface area contributed by atoms with E-state index in [-0.39, 0.29) is 12.5 Å². The van der Waals surface area contributed by atoms with E-state index >= 15 is 0 Å². The van der Waals surface area contributed by atoms with Crippen molar-refractivity contribution in [2.24, 2.45) is 0 Å². The summed E-state index contributed by atoms with van der Waals surface area (Å²) >= 11 is 0. The Bertz CT molecular complexity index is 214. The third-order valence-electron chi connectivity index (χ3n) is 2.02. The maximum absolute atomic E-state index is 11.6. The van der Waals surface area contributed by atoms with Crippen molar-refractivity contribution >= 4 is 5.91 Å². The minimum Gasteiger partial charge on any atom is -0.342 e. The van der Waals surface area contributed by atoms with Crippen molar-refractivity contribution in [1.29, 1.82) is 0 Å². The number of rotatable bonds is 4. The molecule has 0 atom stereocenters. The smallest absolute Gasteiger partial charge is 0.342 e. The van der Waals surface area contributed by atoms with Crippen LogP contribution in [-0.4, -0.2) is 43.2 Å². The highest BCUT2D eigenvalue weighted by atomic mass is 19.4. The average molecular weight is 226 g/mol. The van der Waals surface area contributed by atoms with E-state index in [0.717, 1.165) is 12.8 Å². The zero-order valence-corrected chi connectivity index (χ0v) is 8.14. The molecule has 4 nitrogen and oxygen atoms in total. The van der Waals surface area contributed by atoms with Crippen LogP contribution < -0.4 is 5.48 Å². The highest BCUT2D eigenvalue weighted by Crippen LogP contribution is 2.13. The summed E-state index contributed by atoms with van der Waals surface area (Å²) in [5, 5.41) is 0. The van der Waals surface area contributed by atoms with E-state index in [1.807, 2.05) is 5.48 Å². The minimum atomic E-state index is -4.37. The Morgan fingerprint density at radius 3 is 2.47 bits per heavy atom. The summed E-state index contributed by atoms with van der Waals surface area (Å²) in [4.78, 5) is 17.0. The number of carbonyl (C=O) groups excluding carboxylic acids is 1. The topological polar surface area (TPSA) is 41.6 Å². The largest absolute Gasteiger partial charge is 0.413 e. The molecule has 0 aromatic heterocycles. The summed E-state index contributed by atoms with van der Waals surface area (Å²) < 4.78 is 34.9. The molecule has 0 aliphatic carbocycles. The third kappa shape index (κ3) is 4.98. The maximum atomic E-state index is 11.6. The molecule has 1 heterocycles. The van der Waals surface area contributed by atoms with Gasteiger partial charge in [-0.3, -0.25) is 9.63 Å². The fraction of sp³-hybridized carbons (Fsp3) is 0.875. The highest BCUT2D eigenvalue weighted by molar-refractivity contribution is 5.78. The zero-order chi connectivity index (χ0) is 11.3. The van der Waals surface area contributed by atoms with Gasteiger partial charge < -0.3 is 4.90 Å². The Kier molecular flexibility index (Phi) is 4.34. The fourth-order valence-corrected chi connectivity index (χ4v) is 1.32. The standard InChI is InChI=1S/C8H13F3N2O2/c9-8(10,11)6-15-12-5-7(14)13-3-1-2-4-13/h12H,1-6H2. The van der Waals surface area contributed by atoms with Gasteiger partial charge in [-0.15, -0.1) is 0 Å². The van der Waals surface area contributed by atoms with Gasteiger partial charge in [0.05, 0.1) is 0 Å². The van der Waals surface area contributed by atoms with Crippen LogP contribution in [0.15, 0.2) is 0 Å². The van der Waals surface area contributed by atoms with Crippen molar-refractivity contribution in [3.8, 4) is 0 Å². The number of hydrogen-bond acceptors (Lipinski definition) is 3. The molecule has 1 saturated heterocycles. The van der Waals surface area contributed by atoms with E-state index < -0.39 is 12.8 Å². The Morgan fingerprint density at radius 1 is 1.33 bits per heavy atom. The number of nitrogens with one attached hydrogen (secondary N) is 1. The van der Waals surface area contributed by atoms with E-state index in [4.69, 9.17) is 0 Å². The molecule has 0 unspecified atom stereocenters. The van der Waals surface area contributed by atoms with Gasteiger partial charge in [0.25, 0.3) is 0 Å². The number of hydroxylamine groups is 1. The van der Waals surface area contributed by atoms with Crippen LogP contribution in [0.4, 0.5) is 13.2 Å². The first-order valence-electron chi connectivity index (χ1n) is 4.68. The Morgan fingerprint density at radius 2 is 1.93 bits per heavy atom.